The summed E-state index contributed by atoms with van der Waals surface area (Å²) in [5, 5.41) is 0.490. The summed E-state index contributed by atoms with van der Waals surface area (Å²) in [4.78, 5) is 0. The number of fused-ring (bicyclic) bond motifs is 1. The Morgan fingerprint density at radius 2 is 1.48 bits per heavy atom. The van der Waals surface area contributed by atoms with Gasteiger partial charge in [0.25, 0.3) is 0 Å². The van der Waals surface area contributed by atoms with Crippen LogP contribution in [0.4, 0.5) is 22.0 Å². The lowest BCUT2D eigenvalue weighted by atomic mass is 9.99. The van der Waals surface area contributed by atoms with Gasteiger partial charge in [0.1, 0.15) is 17.5 Å². The summed E-state index contributed by atoms with van der Waals surface area (Å²) in [5.74, 6) is 0.712. The zero-order chi connectivity index (χ0) is 23.5. The van der Waals surface area contributed by atoms with Gasteiger partial charge in [0.05, 0.1) is 5.56 Å². The van der Waals surface area contributed by atoms with Crippen LogP contribution in [-0.4, -0.2) is 0 Å². The second kappa shape index (κ2) is 9.30. The first-order valence-electron chi connectivity index (χ1n) is 10.2. The molecule has 0 aliphatic heterocycles. The van der Waals surface area contributed by atoms with Gasteiger partial charge in [0, 0.05) is 16.5 Å². The number of benzene rings is 4. The Bertz CT molecular complexity index is 1420. The fraction of sp³-hybridized carbons (Fsp3) is 0.0714. The van der Waals surface area contributed by atoms with Gasteiger partial charge in [-0.3, -0.25) is 0 Å². The topological polar surface area (TPSA) is 0 Å². The van der Waals surface area contributed by atoms with Crippen LogP contribution in [0.5, 0.6) is 0 Å². The molecule has 4 rings (SSSR count). The molecule has 0 saturated carbocycles. The number of aryl methyl sites for hydroxylation is 1. The van der Waals surface area contributed by atoms with E-state index < -0.39 is 34.6 Å². The van der Waals surface area contributed by atoms with Gasteiger partial charge in [-0.1, -0.05) is 42.2 Å². The molecular weight excluding hydrogens is 431 g/mol. The minimum Gasteiger partial charge on any atom is -0.206 e. The van der Waals surface area contributed by atoms with E-state index in [9.17, 15) is 22.0 Å². The third-order valence-corrected chi connectivity index (χ3v) is 5.26. The molecule has 0 atom stereocenters. The van der Waals surface area contributed by atoms with Gasteiger partial charge in [-0.05, 0) is 65.8 Å². The molecule has 0 spiro atoms. The number of hydrogen-bond acceptors (Lipinski definition) is 0. The van der Waals surface area contributed by atoms with Crippen molar-refractivity contribution < 1.29 is 22.0 Å². The molecule has 4 aromatic rings. The number of hydrogen-bond donors (Lipinski definition) is 0. The smallest absolute Gasteiger partial charge is 0.166 e. The minimum absolute atomic E-state index is 0.0616. The fourth-order valence-electron chi connectivity index (χ4n) is 3.54. The number of halogens is 5. The molecule has 0 aromatic heterocycles. The maximum atomic E-state index is 14.7. The van der Waals surface area contributed by atoms with Crippen LogP contribution in [0.15, 0.2) is 73.3 Å². The predicted octanol–water partition coefficient (Wildman–Crippen LogP) is 7.72. The molecule has 5 heteroatoms. The third kappa shape index (κ3) is 4.65. The average molecular weight is 448 g/mol. The van der Waals surface area contributed by atoms with Gasteiger partial charge in [-0.15, -0.1) is 6.58 Å². The van der Waals surface area contributed by atoms with Crippen molar-refractivity contribution in [1.82, 2.24) is 0 Å². The summed E-state index contributed by atoms with van der Waals surface area (Å²) in [5.41, 5.74) is 0.812. The Kier molecular flexibility index (Phi) is 6.28. The molecule has 0 saturated heterocycles. The Morgan fingerprint density at radius 3 is 2.18 bits per heavy atom. The van der Waals surface area contributed by atoms with Crippen molar-refractivity contribution >= 4 is 10.8 Å². The summed E-state index contributed by atoms with van der Waals surface area (Å²) >= 11 is 0. The van der Waals surface area contributed by atoms with Gasteiger partial charge in [0.15, 0.2) is 11.6 Å². The van der Waals surface area contributed by atoms with Crippen molar-refractivity contribution in [3.05, 3.63) is 119 Å². The second-order valence-electron chi connectivity index (χ2n) is 7.50. The number of rotatable bonds is 4. The lowest BCUT2D eigenvalue weighted by molar-refractivity contribution is 0.517. The van der Waals surface area contributed by atoms with Crippen LogP contribution in [-0.2, 0) is 6.42 Å². The van der Waals surface area contributed by atoms with Crippen molar-refractivity contribution in [3.8, 4) is 23.0 Å². The molecule has 0 amide bonds. The number of allylic oxidation sites excluding steroid dienone is 1. The highest BCUT2D eigenvalue weighted by atomic mass is 19.2. The summed E-state index contributed by atoms with van der Waals surface area (Å²) in [6, 6.07) is 13.3. The van der Waals surface area contributed by atoms with E-state index in [1.54, 1.807) is 12.1 Å². The molecule has 164 valence electrons. The van der Waals surface area contributed by atoms with E-state index in [0.717, 1.165) is 23.8 Å². The van der Waals surface area contributed by atoms with E-state index in [2.05, 4.69) is 18.4 Å². The largest absolute Gasteiger partial charge is 0.206 e. The second-order valence-corrected chi connectivity index (χ2v) is 7.50. The molecule has 0 aliphatic rings. The fourth-order valence-corrected chi connectivity index (χ4v) is 3.54. The molecule has 0 aliphatic carbocycles. The normalized spacial score (nSPS) is 10.7. The van der Waals surface area contributed by atoms with Crippen LogP contribution in [0.1, 0.15) is 23.1 Å². The molecule has 4 aromatic carbocycles. The zero-order valence-corrected chi connectivity index (χ0v) is 17.4. The molecule has 0 fully saturated rings. The van der Waals surface area contributed by atoms with Crippen LogP contribution >= 0.6 is 0 Å². The summed E-state index contributed by atoms with van der Waals surface area (Å²) in [6.45, 7) is 3.63. The van der Waals surface area contributed by atoms with Crippen LogP contribution in [0.25, 0.3) is 21.9 Å². The van der Waals surface area contributed by atoms with Gasteiger partial charge in [-0.2, -0.15) is 0 Å². The highest BCUT2D eigenvalue weighted by Gasteiger charge is 2.14. The molecule has 0 unspecified atom stereocenters. The van der Waals surface area contributed by atoms with E-state index in [1.807, 2.05) is 0 Å². The maximum Gasteiger partial charge on any atom is 0.166 e. The van der Waals surface area contributed by atoms with Crippen molar-refractivity contribution in [2.45, 2.75) is 12.8 Å². The van der Waals surface area contributed by atoms with Crippen LogP contribution in [0.3, 0.4) is 0 Å². The standard InChI is InChI=1S/C28H17F5/c1-2-3-4-17-5-9-21(25(30)14-17)20-15-26(31)23(27(32)16-20)11-7-18-6-10-22-19(13-18)8-12-24(29)28(22)33/h2,5-6,8-10,12-16H,1,3-4H2. The third-order valence-electron chi connectivity index (χ3n) is 5.26. The highest BCUT2D eigenvalue weighted by Crippen LogP contribution is 2.28. The van der Waals surface area contributed by atoms with Crippen molar-refractivity contribution in [2.24, 2.45) is 0 Å². The molecule has 0 bridgehead atoms. The molecule has 0 radical (unpaired) electrons. The molecular formula is C28H17F5. The SMILES string of the molecule is C=CCCc1ccc(-c2cc(F)c(C#Cc3ccc4c(F)c(F)ccc4c3)c(F)c2)c(F)c1. The van der Waals surface area contributed by atoms with Gasteiger partial charge in [-0.25, -0.2) is 22.0 Å². The monoisotopic (exact) mass is 448 g/mol. The summed E-state index contributed by atoms with van der Waals surface area (Å²) < 4.78 is 71.0. The predicted molar refractivity (Wildman–Crippen MR) is 120 cm³/mol. The van der Waals surface area contributed by atoms with Crippen LogP contribution in [0, 0.1) is 40.9 Å². The van der Waals surface area contributed by atoms with E-state index in [-0.39, 0.29) is 16.5 Å². The first kappa shape index (κ1) is 22.3. The molecule has 33 heavy (non-hydrogen) atoms. The Hall–Kier alpha value is -3.91. The highest BCUT2D eigenvalue weighted by molar-refractivity contribution is 5.84. The van der Waals surface area contributed by atoms with Crippen molar-refractivity contribution in [1.29, 1.82) is 0 Å². The summed E-state index contributed by atoms with van der Waals surface area (Å²) in [7, 11) is 0. The Morgan fingerprint density at radius 1 is 0.727 bits per heavy atom. The Balaban J connectivity index is 1.65. The van der Waals surface area contributed by atoms with Crippen LogP contribution in [0.2, 0.25) is 0 Å². The first-order valence-corrected chi connectivity index (χ1v) is 10.2. The lowest BCUT2D eigenvalue weighted by Gasteiger charge is -2.08. The zero-order valence-electron chi connectivity index (χ0n) is 17.4. The van der Waals surface area contributed by atoms with E-state index in [1.165, 1.54) is 36.4 Å². The molecule has 0 nitrogen and oxygen atoms in total. The van der Waals surface area contributed by atoms with Crippen molar-refractivity contribution in [3.63, 3.8) is 0 Å². The maximum absolute atomic E-state index is 14.7. The van der Waals surface area contributed by atoms with Crippen molar-refractivity contribution in [2.75, 3.05) is 0 Å². The lowest BCUT2D eigenvalue weighted by Crippen LogP contribution is -1.95. The summed E-state index contributed by atoms with van der Waals surface area (Å²) in [6.07, 6.45) is 3.04. The van der Waals surface area contributed by atoms with Crippen LogP contribution < -0.4 is 0 Å². The molecule has 0 heterocycles. The van der Waals surface area contributed by atoms with E-state index in [4.69, 9.17) is 0 Å². The molecule has 0 N–H and O–H groups in total. The van der Waals surface area contributed by atoms with E-state index in [0.29, 0.717) is 23.8 Å². The van der Waals surface area contributed by atoms with E-state index >= 15 is 0 Å². The first-order chi connectivity index (χ1) is 15.9. The van der Waals surface area contributed by atoms with Gasteiger partial charge >= 0.3 is 0 Å². The quantitative estimate of drug-likeness (QED) is 0.170. The Labute approximate surface area is 188 Å². The van der Waals surface area contributed by atoms with Gasteiger partial charge in [0.2, 0.25) is 0 Å². The average Bonchev–Trinajstić information content (AvgIpc) is 2.79. The van der Waals surface area contributed by atoms with Gasteiger partial charge < -0.3 is 0 Å². The minimum atomic E-state index is -0.972.